The van der Waals surface area contributed by atoms with Crippen LogP contribution >= 0.6 is 0 Å². The van der Waals surface area contributed by atoms with Gasteiger partial charge in [0.2, 0.25) is 5.91 Å². The molecule has 2 nitrogen and oxygen atoms in total. The van der Waals surface area contributed by atoms with E-state index >= 15 is 0 Å². The van der Waals surface area contributed by atoms with Crippen molar-refractivity contribution in [2.24, 2.45) is 0 Å². The van der Waals surface area contributed by atoms with E-state index in [9.17, 15) is 4.79 Å². The zero-order valence-corrected chi connectivity index (χ0v) is 14.9. The Bertz CT molecular complexity index is 703. The Kier molecular flexibility index (Phi) is 5.59. The molecule has 0 aliphatic carbocycles. The Hall–Kier alpha value is -2.09. The van der Waals surface area contributed by atoms with E-state index in [-0.39, 0.29) is 11.9 Å². The van der Waals surface area contributed by atoms with Crippen LogP contribution in [0.25, 0.3) is 0 Å². The van der Waals surface area contributed by atoms with Crippen molar-refractivity contribution in [3.63, 3.8) is 0 Å². The van der Waals surface area contributed by atoms with E-state index in [1.54, 1.807) is 0 Å². The molecule has 1 amide bonds. The SMILES string of the molecule is CC[C@H](NC(=O)Cc1ccc(C)c(C)c1)c1ccc(C)c(C)c1. The fourth-order valence-corrected chi connectivity index (χ4v) is 2.75. The van der Waals surface area contributed by atoms with Gasteiger partial charge in [-0.15, -0.1) is 0 Å². The molecule has 2 aromatic rings. The van der Waals surface area contributed by atoms with Crippen molar-refractivity contribution in [2.75, 3.05) is 0 Å². The van der Waals surface area contributed by atoms with Crippen LogP contribution < -0.4 is 5.32 Å². The molecule has 1 N–H and O–H groups in total. The lowest BCUT2D eigenvalue weighted by atomic mass is 9.99. The Morgan fingerprint density at radius 3 is 2.09 bits per heavy atom. The molecule has 0 aliphatic heterocycles. The first-order valence-electron chi connectivity index (χ1n) is 8.33. The van der Waals surface area contributed by atoms with Crippen molar-refractivity contribution in [1.82, 2.24) is 5.32 Å². The molecule has 0 radical (unpaired) electrons. The summed E-state index contributed by atoms with van der Waals surface area (Å²) in [5.74, 6) is 0.0818. The van der Waals surface area contributed by atoms with Crippen molar-refractivity contribution in [1.29, 1.82) is 0 Å². The Morgan fingerprint density at radius 1 is 0.913 bits per heavy atom. The summed E-state index contributed by atoms with van der Waals surface area (Å²) in [5, 5.41) is 3.17. The first kappa shape index (κ1) is 17.3. The quantitative estimate of drug-likeness (QED) is 0.850. The maximum atomic E-state index is 12.4. The van der Waals surface area contributed by atoms with Crippen LogP contribution in [0.1, 0.15) is 52.8 Å². The molecule has 0 fully saturated rings. The summed E-state index contributed by atoms with van der Waals surface area (Å²) >= 11 is 0. The van der Waals surface area contributed by atoms with Crippen LogP contribution in [0.2, 0.25) is 0 Å². The minimum Gasteiger partial charge on any atom is -0.349 e. The highest BCUT2D eigenvalue weighted by Gasteiger charge is 2.14. The summed E-state index contributed by atoms with van der Waals surface area (Å²) in [6.07, 6.45) is 1.32. The smallest absolute Gasteiger partial charge is 0.224 e. The number of aryl methyl sites for hydroxylation is 4. The molecule has 23 heavy (non-hydrogen) atoms. The maximum Gasteiger partial charge on any atom is 0.224 e. The second-order valence-electron chi connectivity index (χ2n) is 6.47. The Labute approximate surface area is 139 Å². The van der Waals surface area contributed by atoms with Crippen LogP contribution in [0, 0.1) is 27.7 Å². The van der Waals surface area contributed by atoms with Gasteiger partial charge in [-0.25, -0.2) is 0 Å². The van der Waals surface area contributed by atoms with Gasteiger partial charge in [0.1, 0.15) is 0 Å². The second kappa shape index (κ2) is 7.45. The molecule has 0 aromatic heterocycles. The fourth-order valence-electron chi connectivity index (χ4n) is 2.75. The predicted molar refractivity (Wildman–Crippen MR) is 96.7 cm³/mol. The molecular formula is C21H27NO. The van der Waals surface area contributed by atoms with Gasteiger partial charge in [-0.05, 0) is 67.5 Å². The van der Waals surface area contributed by atoms with E-state index in [1.807, 2.05) is 6.07 Å². The van der Waals surface area contributed by atoms with E-state index in [2.05, 4.69) is 70.3 Å². The van der Waals surface area contributed by atoms with Gasteiger partial charge in [0.25, 0.3) is 0 Å². The highest BCUT2D eigenvalue weighted by molar-refractivity contribution is 5.79. The molecule has 0 unspecified atom stereocenters. The van der Waals surface area contributed by atoms with E-state index in [0.717, 1.165) is 12.0 Å². The molecule has 1 atom stereocenters. The average Bonchev–Trinajstić information content (AvgIpc) is 2.51. The molecule has 0 bridgehead atoms. The number of rotatable bonds is 5. The lowest BCUT2D eigenvalue weighted by Gasteiger charge is -2.19. The van der Waals surface area contributed by atoms with Crippen LogP contribution in [-0.2, 0) is 11.2 Å². The minimum atomic E-state index is 0.0772. The molecule has 0 heterocycles. The zero-order chi connectivity index (χ0) is 17.0. The molecule has 2 heteroatoms. The lowest BCUT2D eigenvalue weighted by Crippen LogP contribution is -2.29. The van der Waals surface area contributed by atoms with Crippen molar-refractivity contribution >= 4 is 5.91 Å². The van der Waals surface area contributed by atoms with Gasteiger partial charge in [-0.1, -0.05) is 43.3 Å². The van der Waals surface area contributed by atoms with Gasteiger partial charge in [-0.2, -0.15) is 0 Å². The third kappa shape index (κ3) is 4.44. The average molecular weight is 309 g/mol. The minimum absolute atomic E-state index is 0.0772. The highest BCUT2D eigenvalue weighted by atomic mass is 16.1. The summed E-state index contributed by atoms with van der Waals surface area (Å²) < 4.78 is 0. The van der Waals surface area contributed by atoms with Crippen LogP contribution in [0.15, 0.2) is 36.4 Å². The number of nitrogens with one attached hydrogen (secondary N) is 1. The molecular weight excluding hydrogens is 282 g/mol. The van der Waals surface area contributed by atoms with E-state index < -0.39 is 0 Å². The molecule has 122 valence electrons. The van der Waals surface area contributed by atoms with E-state index in [4.69, 9.17) is 0 Å². The number of hydrogen-bond acceptors (Lipinski definition) is 1. The van der Waals surface area contributed by atoms with Crippen LogP contribution in [0.3, 0.4) is 0 Å². The largest absolute Gasteiger partial charge is 0.349 e. The van der Waals surface area contributed by atoms with Gasteiger partial charge < -0.3 is 5.32 Å². The first-order chi connectivity index (χ1) is 10.9. The second-order valence-corrected chi connectivity index (χ2v) is 6.47. The van der Waals surface area contributed by atoms with Gasteiger partial charge in [-0.3, -0.25) is 4.79 Å². The van der Waals surface area contributed by atoms with Crippen LogP contribution in [-0.4, -0.2) is 5.91 Å². The maximum absolute atomic E-state index is 12.4. The lowest BCUT2D eigenvalue weighted by molar-refractivity contribution is -0.121. The summed E-state index contributed by atoms with van der Waals surface area (Å²) in [5.41, 5.74) is 7.30. The number of carbonyl (C=O) groups is 1. The van der Waals surface area contributed by atoms with Crippen LogP contribution in [0.5, 0.6) is 0 Å². The van der Waals surface area contributed by atoms with Gasteiger partial charge >= 0.3 is 0 Å². The molecule has 0 spiro atoms. The summed E-state index contributed by atoms with van der Waals surface area (Å²) in [4.78, 5) is 12.4. The van der Waals surface area contributed by atoms with Gasteiger partial charge in [0.15, 0.2) is 0 Å². The van der Waals surface area contributed by atoms with Crippen molar-refractivity contribution < 1.29 is 4.79 Å². The number of amides is 1. The highest BCUT2D eigenvalue weighted by Crippen LogP contribution is 2.20. The molecule has 0 saturated carbocycles. The first-order valence-corrected chi connectivity index (χ1v) is 8.33. The third-order valence-corrected chi connectivity index (χ3v) is 4.61. The normalized spacial score (nSPS) is 12.0. The van der Waals surface area contributed by atoms with E-state index in [1.165, 1.54) is 27.8 Å². The monoisotopic (exact) mass is 309 g/mol. The number of benzene rings is 2. The third-order valence-electron chi connectivity index (χ3n) is 4.61. The van der Waals surface area contributed by atoms with Crippen molar-refractivity contribution in [2.45, 2.75) is 53.5 Å². The van der Waals surface area contributed by atoms with Gasteiger partial charge in [0, 0.05) is 0 Å². The van der Waals surface area contributed by atoms with Crippen molar-refractivity contribution in [3.8, 4) is 0 Å². The molecule has 0 saturated heterocycles. The summed E-state index contributed by atoms with van der Waals surface area (Å²) in [6, 6.07) is 12.7. The molecule has 2 aromatic carbocycles. The number of hydrogen-bond donors (Lipinski definition) is 1. The Morgan fingerprint density at radius 2 is 1.52 bits per heavy atom. The Balaban J connectivity index is 2.07. The molecule has 2 rings (SSSR count). The van der Waals surface area contributed by atoms with Crippen LogP contribution in [0.4, 0.5) is 0 Å². The standard InChI is InChI=1S/C21H27NO/c1-6-20(19-10-8-15(3)17(5)12-19)22-21(23)13-18-9-7-14(2)16(4)11-18/h7-12,20H,6,13H2,1-5H3,(H,22,23)/t20-/m0/s1. The predicted octanol–water partition coefficient (Wildman–Crippen LogP) is 4.73. The van der Waals surface area contributed by atoms with Crippen molar-refractivity contribution in [3.05, 3.63) is 69.8 Å². The number of carbonyl (C=O) groups excluding carboxylic acids is 1. The summed E-state index contributed by atoms with van der Waals surface area (Å²) in [7, 11) is 0. The van der Waals surface area contributed by atoms with E-state index in [0.29, 0.717) is 6.42 Å². The topological polar surface area (TPSA) is 29.1 Å². The fraction of sp³-hybridized carbons (Fsp3) is 0.381. The molecule has 0 aliphatic rings. The zero-order valence-electron chi connectivity index (χ0n) is 14.9. The summed E-state index contributed by atoms with van der Waals surface area (Å²) in [6.45, 7) is 10.5. The van der Waals surface area contributed by atoms with Gasteiger partial charge in [0.05, 0.1) is 12.5 Å².